The van der Waals surface area contributed by atoms with E-state index in [4.69, 9.17) is 0 Å². The molecule has 0 aliphatic heterocycles. The Balaban J connectivity index is 1.87. The van der Waals surface area contributed by atoms with E-state index in [1.165, 1.54) is 17.4 Å². The quantitative estimate of drug-likeness (QED) is 0.660. The third-order valence-corrected chi connectivity index (χ3v) is 3.89. The Hall–Kier alpha value is -1.92. The molecular weight excluding hydrogens is 340 g/mol. The maximum absolute atomic E-state index is 11.8. The average Bonchev–Trinajstić information content (AvgIpc) is 2.96. The molecule has 0 atom stereocenters. The van der Waals surface area contributed by atoms with Crippen molar-refractivity contribution in [1.29, 1.82) is 0 Å². The van der Waals surface area contributed by atoms with Gasteiger partial charge in [-0.05, 0) is 45.6 Å². The fraction of sp³-hybridized carbons (Fsp3) is 0. The first-order valence-corrected chi connectivity index (χ1v) is 7.40. The zero-order chi connectivity index (χ0) is 14.4. The molecule has 0 unspecified atom stereocenters. The Labute approximate surface area is 128 Å². The molecule has 2 N–H and O–H groups in total. The minimum Gasteiger partial charge on any atom is -0.268 e. The lowest BCUT2D eigenvalue weighted by Crippen LogP contribution is -2.40. The van der Waals surface area contributed by atoms with Crippen LogP contribution in [0.1, 0.15) is 15.2 Å². The predicted molar refractivity (Wildman–Crippen MR) is 83.1 cm³/mol. The molecule has 1 aromatic heterocycles. The van der Waals surface area contributed by atoms with Crippen LogP contribution in [0.5, 0.6) is 0 Å². The molecule has 1 aromatic carbocycles. The summed E-state index contributed by atoms with van der Waals surface area (Å²) in [5.41, 5.74) is 5.14. The van der Waals surface area contributed by atoms with Crippen molar-refractivity contribution >= 4 is 45.2 Å². The second-order valence-corrected chi connectivity index (χ2v) is 5.61. The van der Waals surface area contributed by atoms with E-state index in [-0.39, 0.29) is 11.8 Å². The SMILES string of the molecule is O=C(C=Cc1cccs1)NNC(=O)c1ccccc1Br. The third-order valence-electron chi connectivity index (χ3n) is 2.36. The van der Waals surface area contributed by atoms with Gasteiger partial charge in [-0.1, -0.05) is 18.2 Å². The summed E-state index contributed by atoms with van der Waals surface area (Å²) in [6.45, 7) is 0. The molecule has 20 heavy (non-hydrogen) atoms. The molecule has 4 nitrogen and oxygen atoms in total. The molecule has 0 radical (unpaired) electrons. The monoisotopic (exact) mass is 350 g/mol. The topological polar surface area (TPSA) is 58.2 Å². The molecule has 0 saturated heterocycles. The fourth-order valence-electron chi connectivity index (χ4n) is 1.42. The third kappa shape index (κ3) is 4.04. The van der Waals surface area contributed by atoms with Crippen LogP contribution in [-0.2, 0) is 4.79 Å². The first-order valence-electron chi connectivity index (χ1n) is 5.73. The highest BCUT2D eigenvalue weighted by Crippen LogP contribution is 2.15. The number of amides is 2. The van der Waals surface area contributed by atoms with E-state index in [0.717, 1.165) is 4.88 Å². The fourth-order valence-corrected chi connectivity index (χ4v) is 2.50. The van der Waals surface area contributed by atoms with Gasteiger partial charge in [0.2, 0.25) is 0 Å². The molecule has 0 saturated carbocycles. The number of rotatable bonds is 3. The second-order valence-electron chi connectivity index (χ2n) is 3.77. The molecule has 0 fully saturated rings. The summed E-state index contributed by atoms with van der Waals surface area (Å²) < 4.78 is 0.667. The maximum atomic E-state index is 11.8. The van der Waals surface area contributed by atoms with Crippen LogP contribution < -0.4 is 10.9 Å². The van der Waals surface area contributed by atoms with E-state index in [1.54, 1.807) is 24.3 Å². The highest BCUT2D eigenvalue weighted by Gasteiger charge is 2.08. The largest absolute Gasteiger partial charge is 0.270 e. The van der Waals surface area contributed by atoms with E-state index in [9.17, 15) is 9.59 Å². The van der Waals surface area contributed by atoms with Crippen molar-refractivity contribution in [2.24, 2.45) is 0 Å². The Kier molecular flexibility index (Phi) is 5.09. The standard InChI is InChI=1S/C14H11BrN2O2S/c15-12-6-2-1-5-11(12)14(19)17-16-13(18)8-7-10-4-3-9-20-10/h1-9H,(H,16,18)(H,17,19). The number of hydrogen-bond acceptors (Lipinski definition) is 3. The highest BCUT2D eigenvalue weighted by molar-refractivity contribution is 9.10. The number of hydrogen-bond donors (Lipinski definition) is 2. The summed E-state index contributed by atoms with van der Waals surface area (Å²) >= 11 is 4.80. The summed E-state index contributed by atoms with van der Waals surface area (Å²) in [5.74, 6) is -0.769. The minimum absolute atomic E-state index is 0.379. The molecule has 102 valence electrons. The van der Waals surface area contributed by atoms with E-state index in [1.807, 2.05) is 23.6 Å². The van der Waals surface area contributed by atoms with E-state index in [0.29, 0.717) is 10.0 Å². The first kappa shape index (κ1) is 14.5. The van der Waals surface area contributed by atoms with Crippen LogP contribution in [0, 0.1) is 0 Å². The lowest BCUT2D eigenvalue weighted by Gasteiger charge is -2.06. The van der Waals surface area contributed by atoms with Crippen LogP contribution in [0.15, 0.2) is 52.3 Å². The summed E-state index contributed by atoms with van der Waals surface area (Å²) in [4.78, 5) is 24.3. The number of carbonyl (C=O) groups is 2. The lowest BCUT2D eigenvalue weighted by molar-refractivity contribution is -0.117. The number of thiophene rings is 1. The van der Waals surface area contributed by atoms with E-state index >= 15 is 0 Å². The van der Waals surface area contributed by atoms with E-state index in [2.05, 4.69) is 26.8 Å². The van der Waals surface area contributed by atoms with Crippen LogP contribution >= 0.6 is 27.3 Å². The zero-order valence-corrected chi connectivity index (χ0v) is 12.7. The average molecular weight is 351 g/mol. The van der Waals surface area contributed by atoms with Gasteiger partial charge in [0.25, 0.3) is 11.8 Å². The van der Waals surface area contributed by atoms with Crippen molar-refractivity contribution in [2.45, 2.75) is 0 Å². The molecule has 2 aromatic rings. The van der Waals surface area contributed by atoms with Gasteiger partial charge in [-0.3, -0.25) is 20.4 Å². The smallest absolute Gasteiger partial charge is 0.268 e. The summed E-state index contributed by atoms with van der Waals surface area (Å²) in [7, 11) is 0. The van der Waals surface area contributed by atoms with Crippen LogP contribution in [0.25, 0.3) is 6.08 Å². The van der Waals surface area contributed by atoms with Crippen LogP contribution in [0.4, 0.5) is 0 Å². The zero-order valence-electron chi connectivity index (χ0n) is 10.3. The second kappa shape index (κ2) is 7.02. The number of nitrogens with one attached hydrogen (secondary N) is 2. The van der Waals surface area contributed by atoms with Gasteiger partial charge in [0, 0.05) is 15.4 Å². The molecule has 0 bridgehead atoms. The number of carbonyl (C=O) groups excluding carboxylic acids is 2. The molecule has 2 rings (SSSR count). The molecular formula is C14H11BrN2O2S. The molecule has 1 heterocycles. The van der Waals surface area contributed by atoms with Crippen molar-refractivity contribution in [1.82, 2.24) is 10.9 Å². The van der Waals surface area contributed by atoms with Crippen molar-refractivity contribution in [3.63, 3.8) is 0 Å². The number of hydrazine groups is 1. The Morgan fingerprint density at radius 1 is 1.10 bits per heavy atom. The van der Waals surface area contributed by atoms with Gasteiger partial charge in [-0.2, -0.15) is 0 Å². The summed E-state index contributed by atoms with van der Waals surface area (Å²) in [6.07, 6.45) is 3.05. The van der Waals surface area contributed by atoms with Gasteiger partial charge in [-0.25, -0.2) is 0 Å². The van der Waals surface area contributed by atoms with Crippen molar-refractivity contribution in [3.05, 3.63) is 62.8 Å². The predicted octanol–water partition coefficient (Wildman–Crippen LogP) is 2.99. The van der Waals surface area contributed by atoms with Gasteiger partial charge in [0.15, 0.2) is 0 Å². The molecule has 0 spiro atoms. The summed E-state index contributed by atoms with van der Waals surface area (Å²) in [5, 5.41) is 1.92. The first-order chi connectivity index (χ1) is 9.66. The van der Waals surface area contributed by atoms with Crippen molar-refractivity contribution < 1.29 is 9.59 Å². The Morgan fingerprint density at radius 2 is 1.90 bits per heavy atom. The van der Waals surface area contributed by atoms with Crippen molar-refractivity contribution in [3.8, 4) is 0 Å². The molecule has 0 aliphatic rings. The highest BCUT2D eigenvalue weighted by atomic mass is 79.9. The van der Waals surface area contributed by atoms with Gasteiger partial charge in [-0.15, -0.1) is 11.3 Å². The Morgan fingerprint density at radius 3 is 2.60 bits per heavy atom. The van der Waals surface area contributed by atoms with Gasteiger partial charge in [0.1, 0.15) is 0 Å². The minimum atomic E-state index is -0.390. The van der Waals surface area contributed by atoms with Crippen LogP contribution in [0.2, 0.25) is 0 Å². The summed E-state index contributed by atoms with van der Waals surface area (Å²) in [6, 6.07) is 10.8. The van der Waals surface area contributed by atoms with Crippen LogP contribution in [0.3, 0.4) is 0 Å². The van der Waals surface area contributed by atoms with Crippen molar-refractivity contribution in [2.75, 3.05) is 0 Å². The van der Waals surface area contributed by atoms with Gasteiger partial charge >= 0.3 is 0 Å². The number of halogens is 1. The molecule has 6 heteroatoms. The Bertz CT molecular complexity index is 638. The normalized spacial score (nSPS) is 10.4. The number of benzene rings is 1. The maximum Gasteiger partial charge on any atom is 0.270 e. The van der Waals surface area contributed by atoms with E-state index < -0.39 is 0 Å². The van der Waals surface area contributed by atoms with Gasteiger partial charge < -0.3 is 0 Å². The molecule has 0 aliphatic carbocycles. The van der Waals surface area contributed by atoms with Crippen LogP contribution in [-0.4, -0.2) is 11.8 Å². The van der Waals surface area contributed by atoms with Gasteiger partial charge in [0.05, 0.1) is 5.56 Å². The molecule has 2 amide bonds. The lowest BCUT2D eigenvalue weighted by atomic mass is 10.2.